The number of hydrogen-bond acceptors (Lipinski definition) is 1. The molecule has 0 bridgehead atoms. The molecule has 2 rings (SSSR count). The van der Waals surface area contributed by atoms with Crippen LogP contribution in [0.15, 0.2) is 12.1 Å². The smallest absolute Gasteiger partial charge is 0.191 e. The van der Waals surface area contributed by atoms with Gasteiger partial charge in [-0.05, 0) is 11.8 Å². The van der Waals surface area contributed by atoms with Gasteiger partial charge in [-0.2, -0.15) is 33.9 Å². The Balaban J connectivity index is 0.000000720. The second-order valence-electron chi connectivity index (χ2n) is 3.09. The Labute approximate surface area is 89.1 Å². The maximum Gasteiger partial charge on any atom is 1.00 e. The Hall–Kier alpha value is -0.0926. The molecule has 2 aromatic rings. The van der Waals surface area contributed by atoms with E-state index in [0.717, 1.165) is 0 Å². The largest absolute Gasteiger partial charge is 1.00 e. The maximum atomic E-state index is 2.28. The van der Waals surface area contributed by atoms with Crippen molar-refractivity contribution in [1.29, 1.82) is 0 Å². The number of fused-ring (bicyclic) bond motifs is 1. The van der Waals surface area contributed by atoms with Gasteiger partial charge in [0.15, 0.2) is 0 Å². The van der Waals surface area contributed by atoms with Gasteiger partial charge in [-0.1, -0.05) is 18.5 Å². The summed E-state index contributed by atoms with van der Waals surface area (Å²) in [6, 6.07) is 4.56. The Morgan fingerprint density at radius 1 is 1.25 bits per heavy atom. The van der Waals surface area contributed by atoms with Gasteiger partial charge >= 0.3 is 18.9 Å². The molecule has 1 aromatic carbocycles. The first-order chi connectivity index (χ1) is 5.18. The average molecular weight is 170 g/mol. The zero-order valence-corrected chi connectivity index (χ0v) is 8.88. The number of aryl methyl sites for hydroxylation is 3. The third-order valence-electron chi connectivity index (χ3n) is 2.23. The van der Waals surface area contributed by atoms with Gasteiger partial charge in [-0.15, -0.1) is 6.07 Å². The minimum atomic E-state index is 0. The van der Waals surface area contributed by atoms with Gasteiger partial charge in [0, 0.05) is 0 Å². The summed E-state index contributed by atoms with van der Waals surface area (Å²) in [4.78, 5) is 1.41. The molecule has 0 spiro atoms. The molecule has 0 unspecified atom stereocenters. The minimum absolute atomic E-state index is 0. The third kappa shape index (κ3) is 1.38. The molecule has 0 aliphatic rings. The van der Waals surface area contributed by atoms with E-state index in [9.17, 15) is 0 Å². The van der Waals surface area contributed by atoms with Gasteiger partial charge in [-0.3, -0.25) is 0 Å². The summed E-state index contributed by atoms with van der Waals surface area (Å²) in [5.74, 6) is 0. The van der Waals surface area contributed by atoms with Crippen molar-refractivity contribution in [3.05, 3.63) is 28.1 Å². The molecule has 0 saturated carbocycles. The fraction of sp³-hybridized carbons (Fsp3) is 0.300. The zero-order valence-electron chi connectivity index (χ0n) is 8.06. The van der Waals surface area contributed by atoms with Crippen LogP contribution >= 0.6 is 11.3 Å². The summed E-state index contributed by atoms with van der Waals surface area (Å²) < 4.78 is 1.44. The monoisotopic (exact) mass is 170 g/mol. The predicted octanol–water partition coefficient (Wildman–Crippen LogP) is 0.549. The van der Waals surface area contributed by atoms with Crippen molar-refractivity contribution in [2.75, 3.05) is 0 Å². The SMILES string of the molecule is Cc1cc2c(C)c(C)[cH-]c2s1.[Li+]. The van der Waals surface area contributed by atoms with Crippen molar-refractivity contribution in [2.45, 2.75) is 20.8 Å². The van der Waals surface area contributed by atoms with Crippen LogP contribution in [0.4, 0.5) is 0 Å². The molecule has 2 heteroatoms. The Kier molecular flexibility index (Phi) is 2.78. The summed E-state index contributed by atoms with van der Waals surface area (Å²) in [7, 11) is 0. The topological polar surface area (TPSA) is 0 Å². The van der Waals surface area contributed by atoms with Gasteiger partial charge in [-0.25, -0.2) is 0 Å². The summed E-state index contributed by atoms with van der Waals surface area (Å²) in [6.45, 7) is 6.54. The molecule has 0 saturated heterocycles. The molecular formula is C10H11LiS. The Morgan fingerprint density at radius 3 is 2.50 bits per heavy atom. The van der Waals surface area contributed by atoms with Crippen LogP contribution in [0.3, 0.4) is 0 Å². The summed E-state index contributed by atoms with van der Waals surface area (Å²) in [5, 5.41) is 1.45. The Bertz CT molecular complexity index is 395. The van der Waals surface area contributed by atoms with Gasteiger partial charge in [0.2, 0.25) is 0 Å². The van der Waals surface area contributed by atoms with Crippen LogP contribution in [0, 0.1) is 20.8 Å². The van der Waals surface area contributed by atoms with Crippen LogP contribution < -0.4 is 18.9 Å². The number of hydrogen-bond donors (Lipinski definition) is 0. The molecule has 0 atom stereocenters. The van der Waals surface area contributed by atoms with Crippen molar-refractivity contribution < 1.29 is 18.9 Å². The Morgan fingerprint density at radius 2 is 1.92 bits per heavy atom. The first-order valence-corrected chi connectivity index (χ1v) is 4.63. The van der Waals surface area contributed by atoms with Crippen LogP contribution in [-0.2, 0) is 0 Å². The van der Waals surface area contributed by atoms with Crippen molar-refractivity contribution in [2.24, 2.45) is 0 Å². The first-order valence-electron chi connectivity index (χ1n) is 3.81. The van der Waals surface area contributed by atoms with E-state index in [1.165, 1.54) is 26.1 Å². The average Bonchev–Trinajstić information content (AvgIpc) is 2.37. The minimum Gasteiger partial charge on any atom is -0.191 e. The molecule has 1 heterocycles. The second kappa shape index (κ2) is 3.34. The molecule has 12 heavy (non-hydrogen) atoms. The van der Waals surface area contributed by atoms with E-state index in [1.54, 1.807) is 0 Å². The summed E-state index contributed by atoms with van der Waals surface area (Å²) in [5.41, 5.74) is 2.87. The first kappa shape index (κ1) is 9.99. The van der Waals surface area contributed by atoms with E-state index in [4.69, 9.17) is 0 Å². The maximum absolute atomic E-state index is 2.28. The standard InChI is InChI=1S/C10H11S.Li/c1-6-4-10-9(8(6)3)5-7(2)11-10;/h4-5H,1-3H3;/q-1;+1. The molecular weight excluding hydrogens is 159 g/mol. The van der Waals surface area contributed by atoms with Crippen LogP contribution in [0.5, 0.6) is 0 Å². The third-order valence-corrected chi connectivity index (χ3v) is 3.22. The number of thiophene rings is 1. The molecule has 0 radical (unpaired) electrons. The summed E-state index contributed by atoms with van der Waals surface area (Å²) in [6.07, 6.45) is 0. The van der Waals surface area contributed by atoms with Crippen LogP contribution in [-0.4, -0.2) is 0 Å². The van der Waals surface area contributed by atoms with E-state index in [2.05, 4.69) is 32.9 Å². The van der Waals surface area contributed by atoms with Crippen LogP contribution in [0.1, 0.15) is 16.0 Å². The van der Waals surface area contributed by atoms with Crippen LogP contribution in [0.2, 0.25) is 0 Å². The molecule has 0 aliphatic carbocycles. The van der Waals surface area contributed by atoms with E-state index >= 15 is 0 Å². The van der Waals surface area contributed by atoms with Crippen molar-refractivity contribution in [1.82, 2.24) is 0 Å². The summed E-state index contributed by atoms with van der Waals surface area (Å²) >= 11 is 1.89. The van der Waals surface area contributed by atoms with Crippen molar-refractivity contribution in [3.8, 4) is 0 Å². The fourth-order valence-electron chi connectivity index (χ4n) is 1.45. The number of rotatable bonds is 0. The van der Waals surface area contributed by atoms with Gasteiger partial charge in [0.25, 0.3) is 0 Å². The quantitative estimate of drug-likeness (QED) is 0.400. The molecule has 0 aliphatic heterocycles. The fourth-order valence-corrected chi connectivity index (χ4v) is 2.53. The van der Waals surface area contributed by atoms with Crippen LogP contribution in [0.25, 0.3) is 10.1 Å². The van der Waals surface area contributed by atoms with Gasteiger partial charge in [0.05, 0.1) is 0 Å². The zero-order chi connectivity index (χ0) is 8.01. The van der Waals surface area contributed by atoms with E-state index < -0.39 is 0 Å². The van der Waals surface area contributed by atoms with E-state index in [-0.39, 0.29) is 18.9 Å². The second-order valence-corrected chi connectivity index (χ2v) is 4.38. The molecule has 0 fully saturated rings. The molecule has 0 N–H and O–H groups in total. The predicted molar refractivity (Wildman–Crippen MR) is 51.6 cm³/mol. The van der Waals surface area contributed by atoms with Crippen molar-refractivity contribution >= 4 is 21.4 Å². The molecule has 0 amide bonds. The van der Waals surface area contributed by atoms with Crippen molar-refractivity contribution in [3.63, 3.8) is 0 Å². The van der Waals surface area contributed by atoms with Gasteiger partial charge in [0.1, 0.15) is 0 Å². The molecule has 0 nitrogen and oxygen atoms in total. The normalized spacial score (nSPS) is 10.2. The van der Waals surface area contributed by atoms with Gasteiger partial charge < -0.3 is 0 Å². The molecule has 1 aromatic heterocycles. The van der Waals surface area contributed by atoms with E-state index in [0.29, 0.717) is 0 Å². The molecule has 58 valence electrons. The van der Waals surface area contributed by atoms with E-state index in [1.807, 2.05) is 11.3 Å².